The van der Waals surface area contributed by atoms with Crippen molar-refractivity contribution in [2.75, 3.05) is 4.90 Å². The average molecular weight is 683 g/mol. The van der Waals surface area contributed by atoms with Gasteiger partial charge in [0.2, 0.25) is 5.95 Å². The summed E-state index contributed by atoms with van der Waals surface area (Å²) in [7, 11) is 0. The Morgan fingerprint density at radius 3 is 2.08 bits per heavy atom. The Labute approximate surface area is 305 Å². The molecule has 9 aromatic rings. The van der Waals surface area contributed by atoms with Crippen LogP contribution in [-0.4, -0.2) is 14.5 Å². The summed E-state index contributed by atoms with van der Waals surface area (Å²) in [4.78, 5) is 13.0. The van der Waals surface area contributed by atoms with Gasteiger partial charge in [0.05, 0.1) is 39.0 Å². The van der Waals surface area contributed by atoms with Gasteiger partial charge in [-0.25, -0.2) is 9.97 Å². The van der Waals surface area contributed by atoms with Gasteiger partial charge < -0.3 is 9.47 Å². The van der Waals surface area contributed by atoms with E-state index in [1.807, 2.05) is 36.4 Å². The summed E-state index contributed by atoms with van der Waals surface area (Å²) in [6, 6.07) is 50.8. The molecular formula is C47H30N4O2. The largest absolute Gasteiger partial charge is 0.453 e. The zero-order chi connectivity index (χ0) is 35.0. The summed E-state index contributed by atoms with van der Waals surface area (Å²) in [6.45, 7) is 4.64. The molecule has 0 atom stereocenters. The summed E-state index contributed by atoms with van der Waals surface area (Å²) < 4.78 is 16.0. The standard InChI is InChI=1S/C47H30N4O2/c1-47(2)32-18-8-6-16-28(32)30-24-31-37(25-33(30)47)51(46-48-34-19-9-7-17-29(34)43(49-46)27-14-4-3-5-15-27)38-26-41-44-45(42(31)38)53-40-23-13-11-21-36(40)50(44)35-20-10-12-22-39(35)52-41/h3-26H,1-2H3. The van der Waals surface area contributed by atoms with Gasteiger partial charge in [0.15, 0.2) is 23.0 Å². The Hall–Kier alpha value is -6.92. The molecule has 0 saturated heterocycles. The van der Waals surface area contributed by atoms with Gasteiger partial charge in [0, 0.05) is 27.8 Å². The smallest absolute Gasteiger partial charge is 0.235 e. The van der Waals surface area contributed by atoms with Crippen LogP contribution in [0, 0.1) is 0 Å². The first kappa shape index (κ1) is 28.7. The molecule has 53 heavy (non-hydrogen) atoms. The molecule has 0 amide bonds. The van der Waals surface area contributed by atoms with Crippen molar-refractivity contribution in [3.8, 4) is 51.3 Å². The molecule has 4 heterocycles. The van der Waals surface area contributed by atoms with Crippen LogP contribution in [0.15, 0.2) is 146 Å². The van der Waals surface area contributed by atoms with Crippen molar-refractivity contribution in [1.82, 2.24) is 14.5 Å². The molecule has 0 radical (unpaired) electrons. The molecule has 1 aliphatic carbocycles. The number of para-hydroxylation sites is 5. The zero-order valence-electron chi connectivity index (χ0n) is 29.0. The SMILES string of the molecule is CC1(C)c2ccccc2-c2cc3c4c5c6c(cc4n(-c4nc(-c7ccccc7)c7ccccc7n4)c3cc21)Oc1ccccc1N6c1ccccc1O5. The van der Waals surface area contributed by atoms with E-state index >= 15 is 0 Å². The average Bonchev–Trinajstić information content (AvgIpc) is 3.64. The minimum atomic E-state index is -0.203. The molecule has 250 valence electrons. The highest BCUT2D eigenvalue weighted by Crippen LogP contribution is 2.63. The summed E-state index contributed by atoms with van der Waals surface area (Å²) in [5.74, 6) is 3.63. The highest BCUT2D eigenvalue weighted by Gasteiger charge is 2.40. The van der Waals surface area contributed by atoms with Gasteiger partial charge in [0.1, 0.15) is 5.69 Å². The molecule has 12 rings (SSSR count). The first-order valence-corrected chi connectivity index (χ1v) is 18.0. The van der Waals surface area contributed by atoms with E-state index in [4.69, 9.17) is 19.4 Å². The molecule has 0 spiro atoms. The van der Waals surface area contributed by atoms with E-state index in [-0.39, 0.29) is 5.41 Å². The molecule has 3 aliphatic rings. The quantitative estimate of drug-likeness (QED) is 0.182. The van der Waals surface area contributed by atoms with E-state index in [0.29, 0.717) is 11.7 Å². The van der Waals surface area contributed by atoms with Crippen molar-refractivity contribution in [2.45, 2.75) is 19.3 Å². The van der Waals surface area contributed by atoms with Gasteiger partial charge in [-0.15, -0.1) is 0 Å². The highest BCUT2D eigenvalue weighted by molar-refractivity contribution is 6.18. The van der Waals surface area contributed by atoms with E-state index < -0.39 is 0 Å². The molecule has 7 aromatic carbocycles. The first-order chi connectivity index (χ1) is 26.0. The van der Waals surface area contributed by atoms with E-state index in [9.17, 15) is 0 Å². The Morgan fingerprint density at radius 2 is 1.25 bits per heavy atom. The van der Waals surface area contributed by atoms with Crippen LogP contribution in [0.5, 0.6) is 23.0 Å². The summed E-state index contributed by atoms with van der Waals surface area (Å²) in [5.41, 5.74) is 12.5. The Bertz CT molecular complexity index is 3040. The van der Waals surface area contributed by atoms with Crippen LogP contribution < -0.4 is 14.4 Å². The fraction of sp³-hybridized carbons (Fsp3) is 0.0638. The minimum absolute atomic E-state index is 0.203. The number of aromatic nitrogens is 3. The van der Waals surface area contributed by atoms with Crippen LogP contribution in [-0.2, 0) is 5.41 Å². The maximum Gasteiger partial charge on any atom is 0.235 e. The second-order valence-electron chi connectivity index (χ2n) is 14.6. The van der Waals surface area contributed by atoms with E-state index in [0.717, 1.165) is 78.3 Å². The van der Waals surface area contributed by atoms with Crippen molar-refractivity contribution in [2.24, 2.45) is 0 Å². The van der Waals surface area contributed by atoms with Gasteiger partial charge in [0.25, 0.3) is 0 Å². The molecule has 2 aromatic heterocycles. The minimum Gasteiger partial charge on any atom is -0.453 e. The number of ether oxygens (including phenoxy) is 2. The summed E-state index contributed by atoms with van der Waals surface area (Å²) in [5, 5.41) is 3.06. The predicted molar refractivity (Wildman–Crippen MR) is 212 cm³/mol. The van der Waals surface area contributed by atoms with Gasteiger partial charge in [-0.3, -0.25) is 9.47 Å². The van der Waals surface area contributed by atoms with Crippen LogP contribution in [0.4, 0.5) is 17.1 Å². The van der Waals surface area contributed by atoms with Crippen LogP contribution >= 0.6 is 0 Å². The second kappa shape index (κ2) is 10.1. The summed E-state index contributed by atoms with van der Waals surface area (Å²) in [6.07, 6.45) is 0. The molecular weight excluding hydrogens is 653 g/mol. The number of anilines is 3. The molecule has 0 N–H and O–H groups in total. The van der Waals surface area contributed by atoms with E-state index in [1.165, 1.54) is 22.3 Å². The predicted octanol–water partition coefficient (Wildman–Crippen LogP) is 12.4. The molecule has 2 aliphatic heterocycles. The topological polar surface area (TPSA) is 52.4 Å². The molecule has 0 unspecified atom stereocenters. The molecule has 6 nitrogen and oxygen atoms in total. The lowest BCUT2D eigenvalue weighted by Crippen LogP contribution is -2.20. The second-order valence-corrected chi connectivity index (χ2v) is 14.6. The molecule has 0 saturated carbocycles. The van der Waals surface area contributed by atoms with Crippen molar-refractivity contribution >= 4 is 49.8 Å². The monoisotopic (exact) mass is 682 g/mol. The van der Waals surface area contributed by atoms with Crippen LogP contribution in [0.1, 0.15) is 25.0 Å². The number of benzene rings is 7. The lowest BCUT2D eigenvalue weighted by Gasteiger charge is -2.38. The molecule has 0 bridgehead atoms. The molecule has 0 fully saturated rings. The fourth-order valence-electron chi connectivity index (χ4n) is 8.94. The zero-order valence-corrected chi connectivity index (χ0v) is 29.0. The van der Waals surface area contributed by atoms with Gasteiger partial charge >= 0.3 is 0 Å². The Morgan fingerprint density at radius 1 is 0.547 bits per heavy atom. The van der Waals surface area contributed by atoms with E-state index in [2.05, 4.69) is 133 Å². The number of rotatable bonds is 2. The number of hydrogen-bond donors (Lipinski definition) is 0. The van der Waals surface area contributed by atoms with Gasteiger partial charge in [-0.1, -0.05) is 111 Å². The van der Waals surface area contributed by atoms with Crippen LogP contribution in [0.2, 0.25) is 0 Å². The number of fused-ring (bicyclic) bond motifs is 12. The third-order valence-electron chi connectivity index (χ3n) is 11.4. The third kappa shape index (κ3) is 3.76. The number of hydrogen-bond acceptors (Lipinski definition) is 5. The Kier molecular flexibility index (Phi) is 5.48. The summed E-state index contributed by atoms with van der Waals surface area (Å²) >= 11 is 0. The number of nitrogens with zero attached hydrogens (tertiary/aromatic N) is 4. The van der Waals surface area contributed by atoms with E-state index in [1.54, 1.807) is 0 Å². The van der Waals surface area contributed by atoms with Crippen molar-refractivity contribution in [3.05, 3.63) is 157 Å². The first-order valence-electron chi connectivity index (χ1n) is 18.0. The third-order valence-corrected chi connectivity index (χ3v) is 11.4. The van der Waals surface area contributed by atoms with Crippen molar-refractivity contribution in [1.29, 1.82) is 0 Å². The maximum atomic E-state index is 7.03. The molecule has 6 heteroatoms. The van der Waals surface area contributed by atoms with Crippen LogP contribution in [0.3, 0.4) is 0 Å². The maximum absolute atomic E-state index is 7.03. The lowest BCUT2D eigenvalue weighted by molar-refractivity contribution is 0.450. The normalized spacial score (nSPS) is 14.3. The van der Waals surface area contributed by atoms with Crippen molar-refractivity contribution < 1.29 is 9.47 Å². The van der Waals surface area contributed by atoms with Crippen LogP contribution in [0.25, 0.3) is 61.0 Å². The fourth-order valence-corrected chi connectivity index (χ4v) is 8.94. The van der Waals surface area contributed by atoms with Crippen molar-refractivity contribution in [3.63, 3.8) is 0 Å². The lowest BCUT2D eigenvalue weighted by atomic mass is 9.82. The highest BCUT2D eigenvalue weighted by atomic mass is 16.5. The van der Waals surface area contributed by atoms with Gasteiger partial charge in [-0.05, 0) is 64.7 Å². The Balaban J connectivity index is 1.25. The van der Waals surface area contributed by atoms with Gasteiger partial charge in [-0.2, -0.15) is 0 Å².